The third-order valence-corrected chi connectivity index (χ3v) is 3.72. The highest BCUT2D eigenvalue weighted by Gasteiger charge is 2.23. The van der Waals surface area contributed by atoms with E-state index in [9.17, 15) is 9.90 Å². The van der Waals surface area contributed by atoms with Gasteiger partial charge in [-0.2, -0.15) is 0 Å². The molecule has 6 nitrogen and oxygen atoms in total. The lowest BCUT2D eigenvalue weighted by Gasteiger charge is -2.19. The van der Waals surface area contributed by atoms with Crippen molar-refractivity contribution in [2.45, 2.75) is 6.04 Å². The average molecular weight is 330 g/mol. The fraction of sp³-hybridized carbons (Fsp3) is 0.0625. The first-order valence-corrected chi connectivity index (χ1v) is 7.12. The summed E-state index contributed by atoms with van der Waals surface area (Å²) in [5.74, 6) is -0.130. The van der Waals surface area contributed by atoms with E-state index >= 15 is 0 Å². The van der Waals surface area contributed by atoms with E-state index in [1.165, 1.54) is 12.3 Å². The Labute approximate surface area is 136 Å². The number of halogens is 1. The van der Waals surface area contributed by atoms with Crippen LogP contribution in [-0.4, -0.2) is 26.3 Å². The Hall–Kier alpha value is -2.86. The lowest BCUT2D eigenvalue weighted by atomic mass is 9.99. The molecule has 1 unspecified atom stereocenters. The molecule has 0 spiro atoms. The molecule has 23 heavy (non-hydrogen) atoms. The van der Waals surface area contributed by atoms with Crippen LogP contribution in [0, 0.1) is 0 Å². The van der Waals surface area contributed by atoms with E-state index in [0.29, 0.717) is 27.2 Å². The van der Waals surface area contributed by atoms with Crippen molar-refractivity contribution in [2.75, 3.05) is 0 Å². The van der Waals surface area contributed by atoms with Crippen molar-refractivity contribution in [3.8, 4) is 5.75 Å². The van der Waals surface area contributed by atoms with E-state index in [2.05, 4.69) is 15.3 Å². The van der Waals surface area contributed by atoms with Crippen LogP contribution in [0.4, 0.5) is 4.79 Å². The molecule has 0 radical (unpaired) electrons. The first-order chi connectivity index (χ1) is 11.1. The van der Waals surface area contributed by atoms with E-state index in [-0.39, 0.29) is 5.75 Å². The number of pyridine rings is 2. The highest BCUT2D eigenvalue weighted by Crippen LogP contribution is 2.37. The van der Waals surface area contributed by atoms with E-state index < -0.39 is 12.1 Å². The van der Waals surface area contributed by atoms with Crippen LogP contribution in [0.2, 0.25) is 5.02 Å². The maximum absolute atomic E-state index is 11.1. The second-order valence-corrected chi connectivity index (χ2v) is 5.24. The van der Waals surface area contributed by atoms with Gasteiger partial charge in [0.2, 0.25) is 0 Å². The number of nitrogens with one attached hydrogen (secondary N) is 1. The van der Waals surface area contributed by atoms with E-state index in [1.807, 2.05) is 0 Å². The highest BCUT2D eigenvalue weighted by atomic mass is 35.5. The second-order valence-electron chi connectivity index (χ2n) is 4.83. The van der Waals surface area contributed by atoms with Crippen LogP contribution in [0.3, 0.4) is 0 Å². The molecule has 2 heterocycles. The number of amides is 1. The molecule has 3 aromatic rings. The first kappa shape index (κ1) is 15.1. The van der Waals surface area contributed by atoms with Gasteiger partial charge in [0.15, 0.2) is 0 Å². The highest BCUT2D eigenvalue weighted by molar-refractivity contribution is 6.35. The van der Waals surface area contributed by atoms with E-state index in [4.69, 9.17) is 16.7 Å². The van der Waals surface area contributed by atoms with Gasteiger partial charge in [-0.25, -0.2) is 4.79 Å². The fourth-order valence-corrected chi connectivity index (χ4v) is 2.68. The van der Waals surface area contributed by atoms with E-state index in [0.717, 1.165) is 0 Å². The van der Waals surface area contributed by atoms with Crippen molar-refractivity contribution >= 4 is 28.6 Å². The topological polar surface area (TPSA) is 95.3 Å². The summed E-state index contributed by atoms with van der Waals surface area (Å²) in [6.45, 7) is 0. The smallest absolute Gasteiger partial charge is 0.405 e. The van der Waals surface area contributed by atoms with Crippen molar-refractivity contribution in [1.29, 1.82) is 0 Å². The zero-order valence-corrected chi connectivity index (χ0v) is 12.5. The molecule has 0 bridgehead atoms. The van der Waals surface area contributed by atoms with Crippen molar-refractivity contribution in [3.05, 3.63) is 65.1 Å². The molecule has 0 aliphatic carbocycles. The number of aromatic hydroxyl groups is 1. The van der Waals surface area contributed by atoms with Gasteiger partial charge in [0, 0.05) is 23.3 Å². The minimum Gasteiger partial charge on any atom is -0.505 e. The van der Waals surface area contributed by atoms with Crippen molar-refractivity contribution in [3.63, 3.8) is 0 Å². The Bertz CT molecular complexity index is 871. The molecule has 3 N–H and O–H groups in total. The molecule has 1 atom stereocenters. The molecular weight excluding hydrogens is 318 g/mol. The summed E-state index contributed by atoms with van der Waals surface area (Å²) in [4.78, 5) is 19.4. The normalized spacial score (nSPS) is 12.0. The Morgan fingerprint density at radius 3 is 2.65 bits per heavy atom. The number of hydrogen-bond donors (Lipinski definition) is 3. The predicted molar refractivity (Wildman–Crippen MR) is 85.7 cm³/mol. The number of phenolic OH excluding ortho intramolecular Hbond substituents is 1. The van der Waals surface area contributed by atoms with Gasteiger partial charge in [0.1, 0.15) is 17.3 Å². The maximum Gasteiger partial charge on any atom is 0.405 e. The first-order valence-electron chi connectivity index (χ1n) is 6.74. The summed E-state index contributed by atoms with van der Waals surface area (Å²) in [6.07, 6.45) is 1.84. The van der Waals surface area contributed by atoms with Crippen LogP contribution in [0.25, 0.3) is 10.9 Å². The lowest BCUT2D eigenvalue weighted by Crippen LogP contribution is -2.28. The monoisotopic (exact) mass is 329 g/mol. The van der Waals surface area contributed by atoms with Crippen LogP contribution in [-0.2, 0) is 0 Å². The van der Waals surface area contributed by atoms with Crippen LogP contribution in [0.1, 0.15) is 17.3 Å². The number of rotatable bonds is 3. The summed E-state index contributed by atoms with van der Waals surface area (Å²) < 4.78 is 0. The minimum absolute atomic E-state index is 0.130. The van der Waals surface area contributed by atoms with Crippen molar-refractivity contribution < 1.29 is 15.0 Å². The number of aromatic nitrogens is 2. The molecule has 0 saturated heterocycles. The number of nitrogens with zero attached hydrogens (tertiary/aromatic N) is 2. The van der Waals surface area contributed by atoms with Crippen LogP contribution in [0.15, 0.2) is 48.8 Å². The molecule has 1 amide bonds. The Kier molecular flexibility index (Phi) is 3.99. The molecule has 116 valence electrons. The Morgan fingerprint density at radius 2 is 1.96 bits per heavy atom. The lowest BCUT2D eigenvalue weighted by molar-refractivity contribution is 0.191. The molecular formula is C16H12ClN3O3. The molecule has 0 fully saturated rings. The largest absolute Gasteiger partial charge is 0.505 e. The molecule has 0 saturated carbocycles. The van der Waals surface area contributed by atoms with Gasteiger partial charge in [-0.05, 0) is 30.3 Å². The molecule has 3 rings (SSSR count). The van der Waals surface area contributed by atoms with Gasteiger partial charge >= 0.3 is 6.09 Å². The molecule has 0 aliphatic heterocycles. The quantitative estimate of drug-likeness (QED) is 0.685. The number of phenols is 1. The second kappa shape index (κ2) is 6.10. The minimum atomic E-state index is -1.24. The molecule has 2 aromatic heterocycles. The zero-order chi connectivity index (χ0) is 16.4. The maximum atomic E-state index is 11.1. The SMILES string of the molecule is O=C(O)NC(c1ccccn1)c1cc(Cl)c2cccnc2c1O. The third kappa shape index (κ3) is 2.89. The van der Waals surface area contributed by atoms with Crippen LogP contribution in [0.5, 0.6) is 5.75 Å². The zero-order valence-electron chi connectivity index (χ0n) is 11.8. The Balaban J connectivity index is 2.22. The predicted octanol–water partition coefficient (Wildman–Crippen LogP) is 3.35. The number of fused-ring (bicyclic) bond motifs is 1. The van der Waals surface area contributed by atoms with Gasteiger partial charge in [0.25, 0.3) is 0 Å². The van der Waals surface area contributed by atoms with Gasteiger partial charge in [-0.15, -0.1) is 0 Å². The summed E-state index contributed by atoms with van der Waals surface area (Å²) in [6, 6.07) is 9.21. The average Bonchev–Trinajstić information content (AvgIpc) is 2.57. The third-order valence-electron chi connectivity index (χ3n) is 3.41. The fourth-order valence-electron chi connectivity index (χ4n) is 2.41. The summed E-state index contributed by atoms with van der Waals surface area (Å²) in [5, 5.41) is 23.0. The molecule has 7 heteroatoms. The summed E-state index contributed by atoms with van der Waals surface area (Å²) in [5.41, 5.74) is 1.04. The summed E-state index contributed by atoms with van der Waals surface area (Å²) >= 11 is 6.26. The molecule has 1 aromatic carbocycles. The van der Waals surface area contributed by atoms with Crippen molar-refractivity contribution in [1.82, 2.24) is 15.3 Å². The van der Waals surface area contributed by atoms with Crippen LogP contribution < -0.4 is 5.32 Å². The number of carboxylic acid groups (broad SMARTS) is 1. The van der Waals surface area contributed by atoms with Gasteiger partial charge in [0.05, 0.1) is 10.7 Å². The number of benzene rings is 1. The standard InChI is InChI=1S/C16H12ClN3O3/c17-11-8-10(15(21)14-9(11)4-3-7-19-14)13(20-16(22)23)12-5-1-2-6-18-12/h1-8,13,20-21H,(H,22,23). The molecule has 0 aliphatic rings. The van der Waals surface area contributed by atoms with Gasteiger partial charge < -0.3 is 15.5 Å². The Morgan fingerprint density at radius 1 is 1.17 bits per heavy atom. The number of hydrogen-bond acceptors (Lipinski definition) is 4. The van der Waals surface area contributed by atoms with Gasteiger partial charge in [-0.3, -0.25) is 9.97 Å². The van der Waals surface area contributed by atoms with Crippen LogP contribution >= 0.6 is 11.6 Å². The summed E-state index contributed by atoms with van der Waals surface area (Å²) in [7, 11) is 0. The van der Waals surface area contributed by atoms with Gasteiger partial charge in [-0.1, -0.05) is 17.7 Å². The number of carbonyl (C=O) groups is 1. The van der Waals surface area contributed by atoms with Crippen molar-refractivity contribution in [2.24, 2.45) is 0 Å². The van der Waals surface area contributed by atoms with E-state index in [1.54, 1.807) is 36.5 Å².